The molecule has 2 amide bonds. The number of hydrogen-bond donors (Lipinski definition) is 0. The first-order valence-corrected chi connectivity index (χ1v) is 12.3. The standard InChI is InChI=1S/C33H26N2O2/c34-23-27-11-7-10-26(20-27)21-30-31(19-16-24-8-3-1-4-9-24)35(33(30)37)32(36)22-25-14-17-29(18-15-25)28-12-5-2-6-13-28/h1-20,30-31H,21-22H2/b19-16+/t30-,31-/m1/s1. The topological polar surface area (TPSA) is 61.2 Å². The quantitative estimate of drug-likeness (QED) is 0.300. The Balaban J connectivity index is 1.34. The molecule has 0 aromatic heterocycles. The lowest BCUT2D eigenvalue weighted by Crippen LogP contribution is -2.63. The summed E-state index contributed by atoms with van der Waals surface area (Å²) in [5, 5.41) is 9.24. The minimum Gasteiger partial charge on any atom is -0.274 e. The van der Waals surface area contributed by atoms with Crippen LogP contribution in [-0.2, 0) is 22.4 Å². The number of β-lactam (4-membered cyclic amide) rings is 1. The summed E-state index contributed by atoms with van der Waals surface area (Å²) in [5.41, 5.74) is 5.56. The van der Waals surface area contributed by atoms with Crippen molar-refractivity contribution in [2.75, 3.05) is 0 Å². The summed E-state index contributed by atoms with van der Waals surface area (Å²) in [7, 11) is 0. The molecule has 1 aliphatic heterocycles. The van der Waals surface area contributed by atoms with Crippen LogP contribution in [0.5, 0.6) is 0 Å². The normalized spacial score (nSPS) is 16.8. The first kappa shape index (κ1) is 24.0. The Bertz CT molecular complexity index is 1470. The van der Waals surface area contributed by atoms with E-state index in [1.165, 1.54) is 4.90 Å². The minimum atomic E-state index is -0.349. The van der Waals surface area contributed by atoms with E-state index in [9.17, 15) is 14.9 Å². The zero-order valence-electron chi connectivity index (χ0n) is 20.3. The maximum Gasteiger partial charge on any atom is 0.235 e. The monoisotopic (exact) mass is 482 g/mol. The number of hydrogen-bond acceptors (Lipinski definition) is 3. The average Bonchev–Trinajstić information content (AvgIpc) is 2.95. The van der Waals surface area contributed by atoms with Gasteiger partial charge < -0.3 is 0 Å². The molecule has 4 aromatic rings. The summed E-state index contributed by atoms with van der Waals surface area (Å²) in [5.74, 6) is -0.725. The highest BCUT2D eigenvalue weighted by atomic mass is 16.2. The average molecular weight is 483 g/mol. The molecule has 4 aromatic carbocycles. The summed E-state index contributed by atoms with van der Waals surface area (Å²) in [6.07, 6.45) is 4.55. The molecular weight excluding hydrogens is 456 g/mol. The van der Waals surface area contributed by atoms with Crippen LogP contribution >= 0.6 is 0 Å². The van der Waals surface area contributed by atoms with Gasteiger partial charge in [0.25, 0.3) is 0 Å². The van der Waals surface area contributed by atoms with Crippen LogP contribution in [0.4, 0.5) is 0 Å². The Morgan fingerprint density at radius 1 is 0.811 bits per heavy atom. The fraction of sp³-hybridized carbons (Fsp3) is 0.121. The van der Waals surface area contributed by atoms with Crippen molar-refractivity contribution >= 4 is 17.9 Å². The van der Waals surface area contributed by atoms with Crippen LogP contribution in [-0.4, -0.2) is 22.8 Å². The van der Waals surface area contributed by atoms with E-state index in [0.29, 0.717) is 12.0 Å². The van der Waals surface area contributed by atoms with E-state index in [1.54, 1.807) is 6.07 Å². The van der Waals surface area contributed by atoms with Crippen molar-refractivity contribution in [2.45, 2.75) is 18.9 Å². The van der Waals surface area contributed by atoms with Gasteiger partial charge in [-0.25, -0.2) is 0 Å². The van der Waals surface area contributed by atoms with Gasteiger partial charge in [-0.3, -0.25) is 14.5 Å². The second kappa shape index (κ2) is 10.9. The number of rotatable bonds is 7. The van der Waals surface area contributed by atoms with Crippen molar-refractivity contribution in [1.29, 1.82) is 5.26 Å². The molecule has 1 saturated heterocycles. The Labute approximate surface area is 217 Å². The molecule has 180 valence electrons. The van der Waals surface area contributed by atoms with Gasteiger partial charge in [0.15, 0.2) is 0 Å². The summed E-state index contributed by atoms with van der Waals surface area (Å²) >= 11 is 0. The lowest BCUT2D eigenvalue weighted by atomic mass is 9.81. The fourth-order valence-electron chi connectivity index (χ4n) is 4.79. The van der Waals surface area contributed by atoms with Gasteiger partial charge in [0.2, 0.25) is 11.8 Å². The van der Waals surface area contributed by atoms with Crippen molar-refractivity contribution in [3.8, 4) is 17.2 Å². The van der Waals surface area contributed by atoms with Gasteiger partial charge in [0.1, 0.15) is 0 Å². The third-order valence-electron chi connectivity index (χ3n) is 6.75. The molecule has 1 aliphatic rings. The van der Waals surface area contributed by atoms with Gasteiger partial charge >= 0.3 is 0 Å². The molecule has 1 fully saturated rings. The summed E-state index contributed by atoms with van der Waals surface area (Å²) in [6, 6.07) is 37.0. The van der Waals surface area contributed by atoms with E-state index in [2.05, 4.69) is 18.2 Å². The first-order valence-electron chi connectivity index (χ1n) is 12.3. The van der Waals surface area contributed by atoms with Crippen molar-refractivity contribution in [3.63, 3.8) is 0 Å². The van der Waals surface area contributed by atoms with Crippen molar-refractivity contribution < 1.29 is 9.59 Å². The van der Waals surface area contributed by atoms with Gasteiger partial charge in [0, 0.05) is 0 Å². The lowest BCUT2D eigenvalue weighted by molar-refractivity contribution is -0.162. The predicted molar refractivity (Wildman–Crippen MR) is 145 cm³/mol. The van der Waals surface area contributed by atoms with Crippen molar-refractivity contribution in [2.24, 2.45) is 5.92 Å². The molecule has 0 radical (unpaired) electrons. The number of nitriles is 1. The third kappa shape index (κ3) is 5.42. The van der Waals surface area contributed by atoms with Crippen LogP contribution in [0.2, 0.25) is 0 Å². The summed E-state index contributed by atoms with van der Waals surface area (Å²) in [4.78, 5) is 27.9. The van der Waals surface area contributed by atoms with Gasteiger partial charge in [-0.15, -0.1) is 0 Å². The second-order valence-electron chi connectivity index (χ2n) is 9.22. The molecule has 1 heterocycles. The number of imide groups is 1. The predicted octanol–water partition coefficient (Wildman–Crippen LogP) is 6.08. The number of carbonyl (C=O) groups excluding carboxylic acids is 2. The maximum atomic E-state index is 13.3. The molecular formula is C33H26N2O2. The Kier molecular flexibility index (Phi) is 7.05. The number of amides is 2. The number of benzene rings is 4. The van der Waals surface area contributed by atoms with Gasteiger partial charge in [-0.1, -0.05) is 109 Å². The molecule has 0 bridgehead atoms. The zero-order valence-corrected chi connectivity index (χ0v) is 20.3. The van der Waals surface area contributed by atoms with Crippen LogP contribution in [0.25, 0.3) is 17.2 Å². The Hall–Kier alpha value is -4.75. The zero-order chi connectivity index (χ0) is 25.6. The SMILES string of the molecule is N#Cc1cccc(C[C@H]2C(=O)N(C(=O)Cc3ccc(-c4ccccc4)cc3)[C@@H]2/C=C/c2ccccc2)c1. The third-order valence-corrected chi connectivity index (χ3v) is 6.75. The summed E-state index contributed by atoms with van der Waals surface area (Å²) < 4.78 is 0. The maximum absolute atomic E-state index is 13.3. The molecule has 4 nitrogen and oxygen atoms in total. The van der Waals surface area contributed by atoms with E-state index in [1.807, 2.05) is 103 Å². The van der Waals surface area contributed by atoms with Crippen LogP contribution in [0.1, 0.15) is 22.3 Å². The molecule has 4 heteroatoms. The lowest BCUT2D eigenvalue weighted by Gasteiger charge is -2.44. The number of nitrogens with zero attached hydrogens (tertiary/aromatic N) is 2. The van der Waals surface area contributed by atoms with Crippen LogP contribution in [0, 0.1) is 17.2 Å². The highest BCUT2D eigenvalue weighted by molar-refractivity contribution is 6.03. The minimum absolute atomic E-state index is 0.160. The van der Waals surface area contributed by atoms with Crippen LogP contribution in [0.3, 0.4) is 0 Å². The molecule has 37 heavy (non-hydrogen) atoms. The van der Waals surface area contributed by atoms with Crippen LogP contribution < -0.4 is 0 Å². The van der Waals surface area contributed by atoms with E-state index in [4.69, 9.17) is 0 Å². The number of likely N-dealkylation sites (tertiary alicyclic amines) is 1. The Morgan fingerprint density at radius 2 is 1.49 bits per heavy atom. The van der Waals surface area contributed by atoms with Gasteiger partial charge in [-0.05, 0) is 46.4 Å². The molecule has 5 rings (SSSR count). The summed E-state index contributed by atoms with van der Waals surface area (Å²) in [6.45, 7) is 0. The highest BCUT2D eigenvalue weighted by Gasteiger charge is 2.48. The molecule has 0 unspecified atom stereocenters. The van der Waals surface area contributed by atoms with Crippen molar-refractivity contribution in [1.82, 2.24) is 4.90 Å². The van der Waals surface area contributed by atoms with Gasteiger partial charge in [0.05, 0.1) is 30.0 Å². The fourth-order valence-corrected chi connectivity index (χ4v) is 4.79. The molecule has 0 spiro atoms. The van der Waals surface area contributed by atoms with E-state index >= 15 is 0 Å². The van der Waals surface area contributed by atoms with Crippen molar-refractivity contribution in [3.05, 3.63) is 138 Å². The number of carbonyl (C=O) groups is 2. The first-order chi connectivity index (χ1) is 18.1. The highest BCUT2D eigenvalue weighted by Crippen LogP contribution is 2.33. The molecule has 0 N–H and O–H groups in total. The van der Waals surface area contributed by atoms with Gasteiger partial charge in [-0.2, -0.15) is 5.26 Å². The van der Waals surface area contributed by atoms with Crippen LogP contribution in [0.15, 0.2) is 115 Å². The largest absolute Gasteiger partial charge is 0.274 e. The Morgan fingerprint density at radius 3 is 2.19 bits per heavy atom. The molecule has 0 saturated carbocycles. The van der Waals surface area contributed by atoms with E-state index < -0.39 is 0 Å². The second-order valence-corrected chi connectivity index (χ2v) is 9.22. The van der Waals surface area contributed by atoms with E-state index in [-0.39, 0.29) is 30.2 Å². The smallest absolute Gasteiger partial charge is 0.235 e. The molecule has 0 aliphatic carbocycles. The van der Waals surface area contributed by atoms with E-state index in [0.717, 1.165) is 27.8 Å². The molecule has 2 atom stereocenters.